The molecule has 0 radical (unpaired) electrons. The summed E-state index contributed by atoms with van der Waals surface area (Å²) in [6.45, 7) is 6.86. The van der Waals surface area contributed by atoms with Crippen molar-refractivity contribution in [3.8, 4) is 0 Å². The number of aliphatic carboxylic acids is 1. The molecule has 9 heteroatoms. The van der Waals surface area contributed by atoms with Gasteiger partial charge < -0.3 is 10.4 Å². The van der Waals surface area contributed by atoms with E-state index < -0.39 is 22.5 Å². The molecule has 9 atom stereocenters. The highest BCUT2D eigenvalue weighted by Gasteiger charge is 2.60. The predicted molar refractivity (Wildman–Crippen MR) is 131 cm³/mol. The maximum absolute atomic E-state index is 12.1. The molecule has 200 valence electrons. The average molecular weight is 514 g/mol. The van der Waals surface area contributed by atoms with Gasteiger partial charge in [0.2, 0.25) is 5.91 Å². The highest BCUT2D eigenvalue weighted by molar-refractivity contribution is 7.80. The summed E-state index contributed by atoms with van der Waals surface area (Å²) in [6.07, 6.45) is 10.2. The fourth-order valence-electron chi connectivity index (χ4n) is 9.28. The SMILES string of the molecule is C[C@H](CCC(=O)NCC(=O)O)C1CCC2C3CCC4C[C@@H](OS(=O)(=O)O)CC[C@]4(C)C3CC[C@@]21C. The molecule has 0 saturated heterocycles. The molecule has 0 aromatic rings. The molecule has 5 unspecified atom stereocenters. The highest BCUT2D eigenvalue weighted by atomic mass is 32.3. The van der Waals surface area contributed by atoms with Gasteiger partial charge in [0, 0.05) is 6.42 Å². The molecule has 35 heavy (non-hydrogen) atoms. The molecule has 0 bridgehead atoms. The summed E-state index contributed by atoms with van der Waals surface area (Å²) in [5.41, 5.74) is 0.488. The maximum atomic E-state index is 12.1. The number of rotatable bonds is 8. The van der Waals surface area contributed by atoms with E-state index in [1.807, 2.05) is 0 Å². The fourth-order valence-corrected chi connectivity index (χ4v) is 9.79. The second kappa shape index (κ2) is 9.93. The Morgan fingerprint density at radius 2 is 1.71 bits per heavy atom. The molecular weight excluding hydrogens is 470 g/mol. The van der Waals surface area contributed by atoms with Gasteiger partial charge in [-0.2, -0.15) is 8.42 Å². The summed E-state index contributed by atoms with van der Waals surface area (Å²) >= 11 is 0. The molecule has 0 spiro atoms. The normalized spacial score (nSPS) is 41.8. The van der Waals surface area contributed by atoms with Crippen LogP contribution in [0.15, 0.2) is 0 Å². The first kappa shape index (κ1) is 26.9. The Hall–Kier alpha value is -1.19. The van der Waals surface area contributed by atoms with E-state index in [4.69, 9.17) is 13.8 Å². The van der Waals surface area contributed by atoms with Crippen LogP contribution in [0.5, 0.6) is 0 Å². The fraction of sp³-hybridized carbons (Fsp3) is 0.923. The first-order valence-corrected chi connectivity index (χ1v) is 14.8. The van der Waals surface area contributed by atoms with Crippen LogP contribution in [0.2, 0.25) is 0 Å². The predicted octanol–water partition coefficient (Wildman–Crippen LogP) is 4.45. The number of carbonyl (C=O) groups excluding carboxylic acids is 1. The number of nitrogens with one attached hydrogen (secondary N) is 1. The number of carbonyl (C=O) groups is 2. The molecule has 4 aliphatic rings. The van der Waals surface area contributed by atoms with Gasteiger partial charge in [-0.3, -0.25) is 14.1 Å². The van der Waals surface area contributed by atoms with Crippen LogP contribution in [0, 0.1) is 46.3 Å². The monoisotopic (exact) mass is 513 g/mol. The van der Waals surface area contributed by atoms with Crippen molar-refractivity contribution in [3.63, 3.8) is 0 Å². The van der Waals surface area contributed by atoms with Crippen LogP contribution in [0.3, 0.4) is 0 Å². The number of amides is 1. The van der Waals surface area contributed by atoms with Crippen molar-refractivity contribution in [3.05, 3.63) is 0 Å². The van der Waals surface area contributed by atoms with Crippen LogP contribution in [0.4, 0.5) is 0 Å². The number of hydrogen-bond acceptors (Lipinski definition) is 5. The molecule has 4 saturated carbocycles. The Morgan fingerprint density at radius 3 is 2.40 bits per heavy atom. The largest absolute Gasteiger partial charge is 0.480 e. The number of carboxylic acids is 1. The zero-order chi connectivity index (χ0) is 25.6. The van der Waals surface area contributed by atoms with Gasteiger partial charge in [-0.25, -0.2) is 4.18 Å². The van der Waals surface area contributed by atoms with Crippen LogP contribution in [0.1, 0.15) is 91.4 Å². The molecule has 0 heterocycles. The van der Waals surface area contributed by atoms with E-state index in [0.717, 1.165) is 19.3 Å². The van der Waals surface area contributed by atoms with E-state index in [-0.39, 0.29) is 23.3 Å². The first-order chi connectivity index (χ1) is 16.3. The van der Waals surface area contributed by atoms with Gasteiger partial charge in [-0.05, 0) is 111 Å². The van der Waals surface area contributed by atoms with E-state index in [1.165, 1.54) is 32.1 Å². The van der Waals surface area contributed by atoms with Crippen molar-refractivity contribution in [2.45, 2.75) is 97.5 Å². The number of carboxylic acid groups (broad SMARTS) is 1. The average Bonchev–Trinajstić information content (AvgIpc) is 3.12. The number of fused-ring (bicyclic) bond motifs is 5. The minimum atomic E-state index is -4.41. The molecule has 4 rings (SSSR count). The highest BCUT2D eigenvalue weighted by Crippen LogP contribution is 2.68. The molecule has 3 N–H and O–H groups in total. The zero-order valence-corrected chi connectivity index (χ0v) is 22.2. The third kappa shape index (κ3) is 5.42. The van der Waals surface area contributed by atoms with Crippen molar-refractivity contribution >= 4 is 22.3 Å². The molecule has 4 fully saturated rings. The summed E-state index contributed by atoms with van der Waals surface area (Å²) in [4.78, 5) is 22.7. The van der Waals surface area contributed by atoms with Gasteiger partial charge in [0.25, 0.3) is 0 Å². The standard InChI is InChI=1S/C26H43NO7S/c1-16(4-9-23(28)27-15-24(29)30)20-7-8-21-19-6-5-17-14-18(34-35(31,32)33)10-12-25(17,2)22(19)11-13-26(20,21)3/h16-22H,4-15H2,1-3H3,(H,27,28)(H,29,30)(H,31,32,33)/t16-,17?,18+,19?,20?,21?,22?,25+,26-/m1/s1. The third-order valence-electron chi connectivity index (χ3n) is 10.9. The van der Waals surface area contributed by atoms with Gasteiger partial charge >= 0.3 is 16.4 Å². The maximum Gasteiger partial charge on any atom is 0.397 e. The summed E-state index contributed by atoms with van der Waals surface area (Å²) in [5.74, 6) is 2.31. The molecule has 4 aliphatic carbocycles. The molecule has 8 nitrogen and oxygen atoms in total. The second-order valence-electron chi connectivity index (χ2n) is 12.5. The third-order valence-corrected chi connectivity index (χ3v) is 11.4. The van der Waals surface area contributed by atoms with E-state index in [1.54, 1.807) is 0 Å². The Balaban J connectivity index is 1.39. The van der Waals surface area contributed by atoms with Crippen LogP contribution in [0.25, 0.3) is 0 Å². The number of hydrogen-bond donors (Lipinski definition) is 3. The van der Waals surface area contributed by atoms with Gasteiger partial charge in [0.15, 0.2) is 0 Å². The van der Waals surface area contributed by atoms with Crippen molar-refractivity contribution in [2.24, 2.45) is 46.3 Å². The summed E-state index contributed by atoms with van der Waals surface area (Å²) in [7, 11) is -4.41. The lowest BCUT2D eigenvalue weighted by atomic mass is 9.44. The molecule has 1 amide bonds. The van der Waals surface area contributed by atoms with Crippen molar-refractivity contribution < 1.29 is 31.8 Å². The molecule has 0 aromatic carbocycles. The van der Waals surface area contributed by atoms with Gasteiger partial charge in [-0.15, -0.1) is 0 Å². The van der Waals surface area contributed by atoms with Crippen LogP contribution < -0.4 is 5.32 Å². The Bertz CT molecular complexity index is 923. The van der Waals surface area contributed by atoms with Crippen LogP contribution in [-0.4, -0.2) is 42.6 Å². The van der Waals surface area contributed by atoms with Crippen LogP contribution >= 0.6 is 0 Å². The lowest BCUT2D eigenvalue weighted by molar-refractivity contribution is -0.138. The lowest BCUT2D eigenvalue weighted by Gasteiger charge is -2.61. The molecule has 0 aromatic heterocycles. The smallest absolute Gasteiger partial charge is 0.397 e. The Morgan fingerprint density at radius 1 is 1.03 bits per heavy atom. The van der Waals surface area contributed by atoms with Crippen molar-refractivity contribution in [1.29, 1.82) is 0 Å². The first-order valence-electron chi connectivity index (χ1n) is 13.5. The Kier molecular flexibility index (Phi) is 7.62. The summed E-state index contributed by atoms with van der Waals surface area (Å²) < 4.78 is 36.6. The summed E-state index contributed by atoms with van der Waals surface area (Å²) in [5, 5.41) is 11.2. The second-order valence-corrected chi connectivity index (χ2v) is 13.5. The van der Waals surface area contributed by atoms with Crippen LogP contribution in [-0.2, 0) is 24.2 Å². The minimum absolute atomic E-state index is 0.178. The zero-order valence-electron chi connectivity index (χ0n) is 21.4. The van der Waals surface area contributed by atoms with E-state index >= 15 is 0 Å². The molecule has 0 aliphatic heterocycles. The van der Waals surface area contributed by atoms with E-state index in [2.05, 4.69) is 26.1 Å². The molecular formula is C26H43NO7S. The van der Waals surface area contributed by atoms with Gasteiger partial charge in [0.1, 0.15) is 6.54 Å². The van der Waals surface area contributed by atoms with Crippen molar-refractivity contribution in [2.75, 3.05) is 6.54 Å². The van der Waals surface area contributed by atoms with Crippen molar-refractivity contribution in [1.82, 2.24) is 5.32 Å². The summed E-state index contributed by atoms with van der Waals surface area (Å²) in [6, 6.07) is 0. The lowest BCUT2D eigenvalue weighted by Crippen LogP contribution is -2.54. The van der Waals surface area contributed by atoms with E-state index in [9.17, 15) is 18.0 Å². The topological polar surface area (TPSA) is 130 Å². The van der Waals surface area contributed by atoms with Gasteiger partial charge in [0.05, 0.1) is 6.10 Å². The Labute approximate surface area is 209 Å². The van der Waals surface area contributed by atoms with Gasteiger partial charge in [-0.1, -0.05) is 20.8 Å². The quantitative estimate of drug-likeness (QED) is 0.409. The van der Waals surface area contributed by atoms with E-state index in [0.29, 0.717) is 54.8 Å². The minimum Gasteiger partial charge on any atom is -0.480 e.